The number of hydrogen-bond donors (Lipinski definition) is 2. The standard InChI is InChI=1S/C11H22N2O/c1-3-6-9(4-2)13-10(14)11(12)7-5-8-11/h9H,3-8,12H2,1-2H3,(H,13,14). The van der Waals surface area contributed by atoms with Crippen molar-refractivity contribution in [2.24, 2.45) is 5.73 Å². The zero-order valence-corrected chi connectivity index (χ0v) is 9.31. The molecule has 0 aromatic rings. The van der Waals surface area contributed by atoms with Crippen LogP contribution in [0.15, 0.2) is 0 Å². The third-order valence-corrected chi connectivity index (χ3v) is 3.16. The van der Waals surface area contributed by atoms with E-state index in [0.717, 1.165) is 38.5 Å². The summed E-state index contributed by atoms with van der Waals surface area (Å²) in [4.78, 5) is 11.8. The lowest BCUT2D eigenvalue weighted by molar-refractivity contribution is -0.130. The van der Waals surface area contributed by atoms with Crippen LogP contribution in [0.4, 0.5) is 0 Å². The molecule has 0 aromatic carbocycles. The van der Waals surface area contributed by atoms with Gasteiger partial charge in [-0.1, -0.05) is 20.3 Å². The van der Waals surface area contributed by atoms with E-state index in [1.807, 2.05) is 0 Å². The first-order valence-corrected chi connectivity index (χ1v) is 5.72. The van der Waals surface area contributed by atoms with Gasteiger partial charge in [-0.05, 0) is 32.1 Å². The van der Waals surface area contributed by atoms with Gasteiger partial charge in [0, 0.05) is 6.04 Å². The van der Waals surface area contributed by atoms with E-state index in [9.17, 15) is 4.79 Å². The maximum absolute atomic E-state index is 11.8. The molecular weight excluding hydrogens is 176 g/mol. The van der Waals surface area contributed by atoms with Gasteiger partial charge in [-0.3, -0.25) is 4.79 Å². The molecule has 3 heteroatoms. The van der Waals surface area contributed by atoms with Gasteiger partial charge in [0.15, 0.2) is 0 Å². The predicted molar refractivity (Wildman–Crippen MR) is 57.9 cm³/mol. The number of nitrogens with one attached hydrogen (secondary N) is 1. The largest absolute Gasteiger partial charge is 0.352 e. The van der Waals surface area contributed by atoms with Crippen molar-refractivity contribution in [1.29, 1.82) is 0 Å². The van der Waals surface area contributed by atoms with E-state index in [4.69, 9.17) is 5.73 Å². The van der Waals surface area contributed by atoms with Gasteiger partial charge in [0.25, 0.3) is 0 Å². The van der Waals surface area contributed by atoms with Crippen LogP contribution in [0.5, 0.6) is 0 Å². The number of hydrogen-bond acceptors (Lipinski definition) is 2. The van der Waals surface area contributed by atoms with Crippen molar-refractivity contribution in [3.63, 3.8) is 0 Å². The van der Waals surface area contributed by atoms with E-state index >= 15 is 0 Å². The summed E-state index contributed by atoms with van der Waals surface area (Å²) < 4.78 is 0. The van der Waals surface area contributed by atoms with Crippen molar-refractivity contribution in [1.82, 2.24) is 5.32 Å². The molecule has 1 unspecified atom stereocenters. The molecule has 0 aromatic heterocycles. The van der Waals surface area contributed by atoms with Crippen LogP contribution in [0.25, 0.3) is 0 Å². The monoisotopic (exact) mass is 198 g/mol. The van der Waals surface area contributed by atoms with Crippen molar-refractivity contribution in [2.75, 3.05) is 0 Å². The molecule has 0 heterocycles. The summed E-state index contributed by atoms with van der Waals surface area (Å²) in [5.74, 6) is 0.0593. The fourth-order valence-electron chi connectivity index (χ4n) is 1.84. The summed E-state index contributed by atoms with van der Waals surface area (Å²) in [6, 6.07) is 0.313. The topological polar surface area (TPSA) is 55.1 Å². The van der Waals surface area contributed by atoms with Crippen molar-refractivity contribution in [3.8, 4) is 0 Å². The molecule has 0 spiro atoms. The van der Waals surface area contributed by atoms with Crippen LogP contribution in [-0.4, -0.2) is 17.5 Å². The highest BCUT2D eigenvalue weighted by atomic mass is 16.2. The summed E-state index contributed by atoms with van der Waals surface area (Å²) in [6.45, 7) is 4.24. The molecular formula is C11H22N2O. The first-order valence-electron chi connectivity index (χ1n) is 5.72. The minimum Gasteiger partial charge on any atom is -0.352 e. The summed E-state index contributed by atoms with van der Waals surface area (Å²) in [7, 11) is 0. The molecule has 1 atom stereocenters. The fourth-order valence-corrected chi connectivity index (χ4v) is 1.84. The molecule has 1 fully saturated rings. The lowest BCUT2D eigenvalue weighted by Gasteiger charge is -2.37. The molecule has 0 radical (unpaired) electrons. The van der Waals surface area contributed by atoms with Crippen LogP contribution in [-0.2, 0) is 4.79 Å². The third-order valence-electron chi connectivity index (χ3n) is 3.16. The van der Waals surface area contributed by atoms with Gasteiger partial charge in [-0.15, -0.1) is 0 Å². The normalized spacial score (nSPS) is 21.1. The average Bonchev–Trinajstić information content (AvgIpc) is 2.13. The highest BCUT2D eigenvalue weighted by Gasteiger charge is 2.40. The number of carbonyl (C=O) groups excluding carboxylic acids is 1. The van der Waals surface area contributed by atoms with Crippen LogP contribution < -0.4 is 11.1 Å². The van der Waals surface area contributed by atoms with E-state index in [0.29, 0.717) is 6.04 Å². The first-order chi connectivity index (χ1) is 6.62. The van der Waals surface area contributed by atoms with Gasteiger partial charge in [-0.25, -0.2) is 0 Å². The second kappa shape index (κ2) is 4.78. The first kappa shape index (κ1) is 11.5. The van der Waals surface area contributed by atoms with Gasteiger partial charge in [0.05, 0.1) is 5.54 Å². The van der Waals surface area contributed by atoms with E-state index in [1.165, 1.54) is 0 Å². The molecule has 3 nitrogen and oxygen atoms in total. The lowest BCUT2D eigenvalue weighted by atomic mass is 9.77. The smallest absolute Gasteiger partial charge is 0.240 e. The number of nitrogens with two attached hydrogens (primary N) is 1. The molecule has 82 valence electrons. The predicted octanol–water partition coefficient (Wildman–Crippen LogP) is 1.56. The molecule has 14 heavy (non-hydrogen) atoms. The molecule has 0 aliphatic heterocycles. The zero-order chi connectivity index (χ0) is 10.6. The summed E-state index contributed by atoms with van der Waals surface area (Å²) in [5.41, 5.74) is 5.39. The Morgan fingerprint density at radius 2 is 2.14 bits per heavy atom. The fraction of sp³-hybridized carbons (Fsp3) is 0.909. The van der Waals surface area contributed by atoms with E-state index < -0.39 is 5.54 Å². The van der Waals surface area contributed by atoms with Gasteiger partial charge >= 0.3 is 0 Å². The molecule has 1 rings (SSSR count). The van der Waals surface area contributed by atoms with Crippen molar-refractivity contribution >= 4 is 5.91 Å². The molecule has 3 N–H and O–H groups in total. The summed E-state index contributed by atoms with van der Waals surface area (Å²) >= 11 is 0. The molecule has 1 aliphatic carbocycles. The third kappa shape index (κ3) is 2.47. The highest BCUT2D eigenvalue weighted by Crippen LogP contribution is 2.29. The maximum Gasteiger partial charge on any atom is 0.240 e. The number of amides is 1. The van der Waals surface area contributed by atoms with Gasteiger partial charge in [-0.2, -0.15) is 0 Å². The Balaban J connectivity index is 2.37. The molecule has 1 saturated carbocycles. The van der Waals surface area contributed by atoms with E-state index in [2.05, 4.69) is 19.2 Å². The lowest BCUT2D eigenvalue weighted by Crippen LogP contribution is -2.60. The van der Waals surface area contributed by atoms with Gasteiger partial charge in [0.2, 0.25) is 5.91 Å². The molecule has 1 amide bonds. The van der Waals surface area contributed by atoms with E-state index in [-0.39, 0.29) is 5.91 Å². The van der Waals surface area contributed by atoms with E-state index in [1.54, 1.807) is 0 Å². The SMILES string of the molecule is CCCC(CC)NC(=O)C1(N)CCC1. The van der Waals surface area contributed by atoms with Crippen molar-refractivity contribution in [3.05, 3.63) is 0 Å². The Labute approximate surface area is 86.4 Å². The molecule has 0 saturated heterocycles. The quantitative estimate of drug-likeness (QED) is 0.704. The second-order valence-electron chi connectivity index (χ2n) is 4.38. The Morgan fingerprint density at radius 1 is 1.50 bits per heavy atom. The minimum absolute atomic E-state index is 0.0593. The number of carbonyl (C=O) groups is 1. The van der Waals surface area contributed by atoms with Gasteiger partial charge in [0.1, 0.15) is 0 Å². The molecule has 1 aliphatic rings. The van der Waals surface area contributed by atoms with Crippen LogP contribution in [0.2, 0.25) is 0 Å². The van der Waals surface area contributed by atoms with Crippen LogP contribution in [0.1, 0.15) is 52.4 Å². The molecule has 0 bridgehead atoms. The van der Waals surface area contributed by atoms with Crippen molar-refractivity contribution < 1.29 is 4.79 Å². The second-order valence-corrected chi connectivity index (χ2v) is 4.38. The Bertz CT molecular complexity index is 199. The number of rotatable bonds is 5. The zero-order valence-electron chi connectivity index (χ0n) is 9.31. The average molecular weight is 198 g/mol. The minimum atomic E-state index is -0.541. The van der Waals surface area contributed by atoms with Crippen LogP contribution >= 0.6 is 0 Å². The Hall–Kier alpha value is -0.570. The van der Waals surface area contributed by atoms with Crippen LogP contribution in [0.3, 0.4) is 0 Å². The summed E-state index contributed by atoms with van der Waals surface area (Å²) in [6.07, 6.45) is 5.95. The Morgan fingerprint density at radius 3 is 2.50 bits per heavy atom. The van der Waals surface area contributed by atoms with Crippen molar-refractivity contribution in [2.45, 2.75) is 64.0 Å². The summed E-state index contributed by atoms with van der Waals surface area (Å²) in [5, 5.41) is 3.05. The maximum atomic E-state index is 11.8. The van der Waals surface area contributed by atoms with Crippen LogP contribution in [0, 0.1) is 0 Å². The van der Waals surface area contributed by atoms with Gasteiger partial charge < -0.3 is 11.1 Å². The Kier molecular flexibility index (Phi) is 3.93. The highest BCUT2D eigenvalue weighted by molar-refractivity contribution is 5.87.